The van der Waals surface area contributed by atoms with Crippen LogP contribution in [-0.4, -0.2) is 149 Å². The number of pyridine rings is 1. The van der Waals surface area contributed by atoms with E-state index in [9.17, 15) is 47.4 Å². The van der Waals surface area contributed by atoms with Gasteiger partial charge in [0.2, 0.25) is 17.7 Å². The van der Waals surface area contributed by atoms with Crippen LogP contribution in [0.5, 0.6) is 0 Å². The second-order valence-corrected chi connectivity index (χ2v) is 23.8. The highest BCUT2D eigenvalue weighted by atomic mass is 32.1. The number of hydrogen-bond acceptors (Lipinski definition) is 12. The van der Waals surface area contributed by atoms with Crippen LogP contribution in [0.15, 0.2) is 66.3 Å². The number of likely N-dealkylation sites (tertiary alicyclic amines) is 2. The largest absolute Gasteiger partial charge is 0.433 e. The molecule has 3 saturated heterocycles. The summed E-state index contributed by atoms with van der Waals surface area (Å²) in [5.41, 5.74) is 2.11. The molecule has 22 heteroatoms. The summed E-state index contributed by atoms with van der Waals surface area (Å²) in [7, 11) is 0. The second-order valence-electron chi connectivity index (χ2n) is 22.9. The van der Waals surface area contributed by atoms with Crippen LogP contribution >= 0.6 is 11.3 Å². The summed E-state index contributed by atoms with van der Waals surface area (Å²) in [6.07, 6.45) is -0.421. The number of aliphatic hydroxyl groups is 2. The Morgan fingerprint density at radius 3 is 2.29 bits per heavy atom. The zero-order valence-electron chi connectivity index (χ0n) is 44.5. The molecular formula is C55H68F3N11O7S. The van der Waals surface area contributed by atoms with Crippen molar-refractivity contribution in [1.82, 2.24) is 50.0 Å². The van der Waals surface area contributed by atoms with Gasteiger partial charge in [-0.15, -0.1) is 11.3 Å². The Kier molecular flexibility index (Phi) is 15.4. The van der Waals surface area contributed by atoms with E-state index < -0.39 is 52.7 Å². The SMILES string of the molecule is Cc1ncsc1-c1ccc([C@H](C)NC(=O)[C@@H]2C[C@@H](O)CN2C(=O)C(NC2CC3(CCN(C(=O)CN4CCN(CCn5cc6cc(NC(=O)c7cccc(C(F)(F)F)n7)c(C(C)(C)O)cc6n5)C4=O)CC3)C2)C(C)(C)C)cc1. The summed E-state index contributed by atoms with van der Waals surface area (Å²) in [4.78, 5) is 84.1. The van der Waals surface area contributed by atoms with E-state index in [0.717, 1.165) is 59.5 Å². The van der Waals surface area contributed by atoms with Gasteiger partial charge in [-0.3, -0.25) is 23.9 Å². The van der Waals surface area contributed by atoms with Crippen molar-refractivity contribution in [3.63, 3.8) is 0 Å². The minimum atomic E-state index is -4.74. The molecule has 6 amide bonds. The van der Waals surface area contributed by atoms with Crippen LogP contribution in [0.25, 0.3) is 21.3 Å². The van der Waals surface area contributed by atoms with E-state index in [2.05, 4.69) is 31.0 Å². The predicted octanol–water partition coefficient (Wildman–Crippen LogP) is 6.71. The molecule has 0 bridgehead atoms. The molecule has 6 heterocycles. The highest BCUT2D eigenvalue weighted by molar-refractivity contribution is 7.13. The number of nitrogens with zero attached hydrogens (tertiary/aromatic N) is 8. The molecule has 1 saturated carbocycles. The molecule has 4 fully saturated rings. The number of halogens is 3. The van der Waals surface area contributed by atoms with Gasteiger partial charge in [0.25, 0.3) is 5.91 Å². The predicted molar refractivity (Wildman–Crippen MR) is 283 cm³/mol. The minimum absolute atomic E-state index is 0.0206. The first kappa shape index (κ1) is 55.3. The van der Waals surface area contributed by atoms with E-state index in [-0.39, 0.29) is 72.0 Å². The Morgan fingerprint density at radius 1 is 0.935 bits per heavy atom. The lowest BCUT2D eigenvalue weighted by Crippen LogP contribution is -2.63. The highest BCUT2D eigenvalue weighted by Crippen LogP contribution is 2.50. The number of fused-ring (bicyclic) bond motifs is 1. The van der Waals surface area contributed by atoms with Crippen LogP contribution in [-0.2, 0) is 32.7 Å². The summed E-state index contributed by atoms with van der Waals surface area (Å²) in [5.74, 6) is -1.52. The van der Waals surface area contributed by atoms with Gasteiger partial charge in [0, 0.05) is 74.6 Å². The van der Waals surface area contributed by atoms with Crippen LogP contribution in [0.4, 0.5) is 23.7 Å². The maximum absolute atomic E-state index is 14.5. The van der Waals surface area contributed by atoms with Crippen LogP contribution in [0.3, 0.4) is 0 Å². The number of nitrogens with one attached hydrogen (secondary N) is 3. The molecule has 5 N–H and O–H groups in total. The first-order chi connectivity index (χ1) is 36.2. The summed E-state index contributed by atoms with van der Waals surface area (Å²) in [6.45, 7) is 15.5. The molecule has 0 radical (unpaired) electrons. The number of rotatable bonds is 15. The zero-order valence-corrected chi connectivity index (χ0v) is 45.3. The molecule has 18 nitrogen and oxygen atoms in total. The van der Waals surface area contributed by atoms with Crippen LogP contribution in [0.2, 0.25) is 0 Å². The van der Waals surface area contributed by atoms with E-state index in [4.69, 9.17) is 0 Å². The summed E-state index contributed by atoms with van der Waals surface area (Å²) in [5, 5.41) is 36.3. The molecule has 1 spiro atoms. The number of carbonyl (C=O) groups excluding carboxylic acids is 5. The third-order valence-corrected chi connectivity index (χ3v) is 16.6. The maximum atomic E-state index is 14.5. The lowest BCUT2D eigenvalue weighted by Gasteiger charge is -2.54. The van der Waals surface area contributed by atoms with Gasteiger partial charge in [0.05, 0.1) is 51.9 Å². The van der Waals surface area contributed by atoms with Crippen molar-refractivity contribution in [3.05, 3.63) is 94.5 Å². The average Bonchev–Trinajstić information content (AvgIpc) is 4.20. The van der Waals surface area contributed by atoms with E-state index >= 15 is 0 Å². The number of benzene rings is 2. The number of hydrogen-bond donors (Lipinski definition) is 5. The fourth-order valence-corrected chi connectivity index (χ4v) is 12.1. The summed E-state index contributed by atoms with van der Waals surface area (Å²) >= 11 is 1.58. The quantitative estimate of drug-likeness (QED) is 0.0742. The maximum Gasteiger partial charge on any atom is 0.433 e. The molecule has 77 heavy (non-hydrogen) atoms. The van der Waals surface area contributed by atoms with Crippen molar-refractivity contribution in [2.24, 2.45) is 10.8 Å². The van der Waals surface area contributed by atoms with Crippen LogP contribution < -0.4 is 16.0 Å². The van der Waals surface area contributed by atoms with Gasteiger partial charge in [-0.2, -0.15) is 18.3 Å². The monoisotopic (exact) mass is 1080 g/mol. The lowest BCUT2D eigenvalue weighted by molar-refractivity contribution is -0.143. The molecule has 1 unspecified atom stereocenters. The minimum Gasteiger partial charge on any atom is -0.391 e. The normalized spacial score (nSPS) is 20.0. The number of alkyl halides is 3. The number of amides is 6. The molecule has 412 valence electrons. The van der Waals surface area contributed by atoms with Crippen molar-refractivity contribution in [2.75, 3.05) is 51.1 Å². The van der Waals surface area contributed by atoms with Gasteiger partial charge in [0.15, 0.2) is 0 Å². The van der Waals surface area contributed by atoms with Crippen molar-refractivity contribution in [1.29, 1.82) is 0 Å². The van der Waals surface area contributed by atoms with E-state index in [1.165, 1.54) is 19.9 Å². The molecule has 3 aromatic heterocycles. The third kappa shape index (κ3) is 12.1. The number of piperidine rings is 1. The first-order valence-corrected chi connectivity index (χ1v) is 27.1. The van der Waals surface area contributed by atoms with Gasteiger partial charge in [0.1, 0.15) is 24.0 Å². The van der Waals surface area contributed by atoms with Crippen molar-refractivity contribution in [2.45, 2.75) is 129 Å². The van der Waals surface area contributed by atoms with Gasteiger partial charge < -0.3 is 45.8 Å². The molecule has 5 aromatic rings. The number of thiazole rings is 1. The fourth-order valence-electron chi connectivity index (χ4n) is 11.3. The number of aromatic nitrogens is 4. The van der Waals surface area contributed by atoms with Crippen LogP contribution in [0.1, 0.15) is 113 Å². The van der Waals surface area contributed by atoms with Crippen LogP contribution in [0, 0.1) is 17.8 Å². The molecular weight excluding hydrogens is 1020 g/mol. The molecule has 4 aliphatic rings. The Bertz CT molecular complexity index is 3020. The number of carbonyl (C=O) groups is 5. The summed E-state index contributed by atoms with van der Waals surface area (Å²) < 4.78 is 41.6. The standard InChI is InChI=1S/C55H68F3N11O7S/c1-32(34-11-13-35(14-12-34)46-33(2)59-31-77-46)60-49(73)43-24-38(70)29-69(43)50(74)47(52(3,4)5)61-37-26-54(27-37)15-17-65(18-16-54)45(71)30-67-20-19-66(51(67)75)21-22-68-28-36-23-42(39(53(6,7)76)25-41(36)64-68)63-48(72)40-9-8-10-44(62-40)55(56,57)58/h8-14,23,25,28,31-32,37-38,43,47,61,70,76H,15-22,24,26-27,29-30H2,1-7H3,(H,60,73)(H,63,72)/t32-,38+,43-,47?/m0/s1. The third-order valence-electron chi connectivity index (χ3n) is 15.7. The van der Waals surface area contributed by atoms with Crippen molar-refractivity contribution in [3.8, 4) is 10.4 Å². The number of aliphatic hydroxyl groups excluding tert-OH is 1. The van der Waals surface area contributed by atoms with E-state index in [1.54, 1.807) is 49.0 Å². The van der Waals surface area contributed by atoms with Gasteiger partial charge in [-0.25, -0.2) is 14.8 Å². The van der Waals surface area contributed by atoms with E-state index in [1.807, 2.05) is 69.3 Å². The zero-order chi connectivity index (χ0) is 55.4. The number of urea groups is 1. The van der Waals surface area contributed by atoms with Crippen molar-refractivity contribution < 1.29 is 47.4 Å². The van der Waals surface area contributed by atoms with Gasteiger partial charge >= 0.3 is 12.2 Å². The topological polar surface area (TPSA) is 218 Å². The van der Waals surface area contributed by atoms with Gasteiger partial charge in [-0.1, -0.05) is 51.1 Å². The second kappa shape index (κ2) is 21.4. The number of anilines is 1. The van der Waals surface area contributed by atoms with Crippen molar-refractivity contribution >= 4 is 57.6 Å². The molecule has 1 aliphatic carbocycles. The Labute approximate surface area is 449 Å². The summed E-state index contributed by atoms with van der Waals surface area (Å²) in [6, 6.07) is 12.3. The highest BCUT2D eigenvalue weighted by Gasteiger charge is 2.50. The lowest BCUT2D eigenvalue weighted by atomic mass is 9.60. The first-order valence-electron chi connectivity index (χ1n) is 26.2. The Hall–Kier alpha value is -6.49. The smallest absolute Gasteiger partial charge is 0.391 e. The Balaban J connectivity index is 0.736. The Morgan fingerprint density at radius 2 is 1.64 bits per heavy atom. The molecule has 2 aromatic carbocycles. The fraction of sp³-hybridized carbons (Fsp3) is 0.527. The number of aryl methyl sites for hydroxylation is 1. The molecule has 9 rings (SSSR count). The molecule has 3 aliphatic heterocycles. The van der Waals surface area contributed by atoms with E-state index in [0.29, 0.717) is 50.2 Å². The molecule has 4 atom stereocenters. The van der Waals surface area contributed by atoms with Gasteiger partial charge in [-0.05, 0) is 99.6 Å². The average molecular weight is 1080 g/mol. The number of β-amino-alcohol motifs (C(OH)–C–C–N with tert-alkyl or cyclic N) is 1.